The Bertz CT molecular complexity index is 1730. The van der Waals surface area contributed by atoms with E-state index in [0.29, 0.717) is 46.4 Å². The number of nitrogens with zero attached hydrogens (tertiary/aromatic N) is 4. The fourth-order valence-electron chi connectivity index (χ4n) is 4.53. The number of aromatic nitrogens is 4. The zero-order valence-corrected chi connectivity index (χ0v) is 23.1. The van der Waals surface area contributed by atoms with Crippen LogP contribution in [0.1, 0.15) is 34.8 Å². The van der Waals surface area contributed by atoms with Crippen LogP contribution in [0.3, 0.4) is 0 Å². The van der Waals surface area contributed by atoms with Gasteiger partial charge < -0.3 is 19.7 Å². The maximum absolute atomic E-state index is 13.0. The van der Waals surface area contributed by atoms with Gasteiger partial charge in [0.05, 0.1) is 10.5 Å². The van der Waals surface area contributed by atoms with Crippen LogP contribution in [0.5, 0.6) is 0 Å². The van der Waals surface area contributed by atoms with Crippen molar-refractivity contribution in [2.75, 3.05) is 0 Å². The summed E-state index contributed by atoms with van der Waals surface area (Å²) < 4.78 is 7.77. The summed E-state index contributed by atoms with van der Waals surface area (Å²) >= 11 is 10.0. The highest BCUT2D eigenvalue weighted by Crippen LogP contribution is 2.39. The minimum atomic E-state index is -0.903. The molecule has 3 heterocycles. The number of pyridine rings is 1. The minimum absolute atomic E-state index is 0.215. The molecule has 2 aromatic carbocycles. The first-order chi connectivity index (χ1) is 18.8. The second-order valence-electron chi connectivity index (χ2n) is 9.38. The van der Waals surface area contributed by atoms with E-state index in [-0.39, 0.29) is 17.5 Å². The van der Waals surface area contributed by atoms with Crippen LogP contribution < -0.4 is 10.6 Å². The highest BCUT2D eigenvalue weighted by atomic mass is 79.9. The number of fused-ring (bicyclic) bond motifs is 1. The SMILES string of the molecule is Cc1nc(-c2c(Cl)c3ccccc3n2-c2ccc(CNC(=O)C3(NC(=O)c4cccc(Br)n4)CC3)cc2)no1. The molecule has 196 valence electrons. The van der Waals surface area contributed by atoms with Gasteiger partial charge in [-0.25, -0.2) is 4.98 Å². The summed E-state index contributed by atoms with van der Waals surface area (Å²) in [4.78, 5) is 34.2. The normalized spacial score (nSPS) is 13.8. The molecule has 1 aliphatic rings. The number of rotatable bonds is 7. The number of halogens is 2. The van der Waals surface area contributed by atoms with Crippen LogP contribution in [0.2, 0.25) is 5.02 Å². The van der Waals surface area contributed by atoms with Crippen molar-refractivity contribution in [1.82, 2.24) is 30.3 Å². The highest BCUT2D eigenvalue weighted by Gasteiger charge is 2.51. The van der Waals surface area contributed by atoms with Crippen LogP contribution in [0.15, 0.2) is 75.9 Å². The Labute approximate surface area is 236 Å². The van der Waals surface area contributed by atoms with Gasteiger partial charge >= 0.3 is 0 Å². The Kier molecular flexibility index (Phi) is 6.44. The summed E-state index contributed by atoms with van der Waals surface area (Å²) in [5.41, 5.74) is 2.67. The number of carbonyl (C=O) groups is 2. The summed E-state index contributed by atoms with van der Waals surface area (Å²) in [5, 5.41) is 11.3. The molecule has 6 rings (SSSR count). The summed E-state index contributed by atoms with van der Waals surface area (Å²) in [6.07, 6.45) is 1.16. The second-order valence-corrected chi connectivity index (χ2v) is 10.6. The van der Waals surface area contributed by atoms with Crippen LogP contribution in [0.25, 0.3) is 28.1 Å². The third-order valence-corrected chi connectivity index (χ3v) is 7.51. The number of amides is 2. The largest absolute Gasteiger partial charge is 0.350 e. The lowest BCUT2D eigenvalue weighted by Crippen LogP contribution is -2.49. The van der Waals surface area contributed by atoms with Crippen molar-refractivity contribution >= 4 is 50.2 Å². The summed E-state index contributed by atoms with van der Waals surface area (Å²) in [6.45, 7) is 2.05. The summed E-state index contributed by atoms with van der Waals surface area (Å²) in [5.74, 6) is 0.257. The van der Waals surface area contributed by atoms with Crippen LogP contribution >= 0.6 is 27.5 Å². The molecule has 11 heteroatoms. The molecular weight excluding hydrogens is 584 g/mol. The first-order valence-corrected chi connectivity index (χ1v) is 13.4. The molecule has 0 bridgehead atoms. The molecule has 3 aromatic heterocycles. The Morgan fingerprint density at radius 3 is 2.51 bits per heavy atom. The number of aryl methyl sites for hydroxylation is 1. The molecule has 2 N–H and O–H groups in total. The van der Waals surface area contributed by atoms with E-state index >= 15 is 0 Å². The molecule has 1 fully saturated rings. The molecule has 39 heavy (non-hydrogen) atoms. The molecule has 0 spiro atoms. The molecular formula is C28H22BrClN6O3. The Morgan fingerprint density at radius 2 is 1.82 bits per heavy atom. The van der Waals surface area contributed by atoms with Gasteiger partial charge in [0.25, 0.3) is 5.91 Å². The van der Waals surface area contributed by atoms with Crippen LogP contribution in [0.4, 0.5) is 0 Å². The lowest BCUT2D eigenvalue weighted by molar-refractivity contribution is -0.124. The van der Waals surface area contributed by atoms with Crippen molar-refractivity contribution in [3.8, 4) is 17.2 Å². The Hall–Kier alpha value is -4.02. The molecule has 5 aromatic rings. The quantitative estimate of drug-likeness (QED) is 0.241. The van der Waals surface area contributed by atoms with Crippen molar-refractivity contribution in [2.45, 2.75) is 31.8 Å². The first kappa shape index (κ1) is 25.3. The molecule has 0 saturated heterocycles. The lowest BCUT2D eigenvalue weighted by atomic mass is 10.1. The zero-order chi connectivity index (χ0) is 27.1. The van der Waals surface area contributed by atoms with Gasteiger partial charge in [0, 0.05) is 24.5 Å². The van der Waals surface area contributed by atoms with Gasteiger partial charge in [-0.1, -0.05) is 53.2 Å². The molecule has 0 atom stereocenters. The van der Waals surface area contributed by atoms with E-state index in [9.17, 15) is 9.59 Å². The lowest BCUT2D eigenvalue weighted by Gasteiger charge is -2.17. The molecule has 0 radical (unpaired) electrons. The Morgan fingerprint density at radius 1 is 1.05 bits per heavy atom. The molecule has 1 aliphatic carbocycles. The van der Waals surface area contributed by atoms with Crippen molar-refractivity contribution in [3.05, 3.63) is 93.5 Å². The second kappa shape index (κ2) is 9.94. The van der Waals surface area contributed by atoms with Crippen molar-refractivity contribution in [2.24, 2.45) is 0 Å². The van der Waals surface area contributed by atoms with E-state index in [0.717, 1.165) is 22.2 Å². The summed E-state index contributed by atoms with van der Waals surface area (Å²) in [6, 6.07) is 20.7. The maximum Gasteiger partial charge on any atom is 0.270 e. The van der Waals surface area contributed by atoms with Crippen molar-refractivity contribution < 1.29 is 14.1 Å². The number of nitrogens with one attached hydrogen (secondary N) is 2. The average Bonchev–Trinajstić information content (AvgIpc) is 3.51. The van der Waals surface area contributed by atoms with Crippen molar-refractivity contribution in [1.29, 1.82) is 0 Å². The maximum atomic E-state index is 13.0. The number of benzene rings is 2. The predicted octanol–water partition coefficient (Wildman–Crippen LogP) is 5.38. The van der Waals surface area contributed by atoms with Crippen LogP contribution in [-0.2, 0) is 11.3 Å². The number of hydrogen-bond acceptors (Lipinski definition) is 6. The van der Waals surface area contributed by atoms with Gasteiger partial charge in [-0.3, -0.25) is 9.59 Å². The van der Waals surface area contributed by atoms with Gasteiger partial charge in [-0.15, -0.1) is 0 Å². The number of para-hydroxylation sites is 1. The van der Waals surface area contributed by atoms with Gasteiger partial charge in [-0.2, -0.15) is 4.98 Å². The fourth-order valence-corrected chi connectivity index (χ4v) is 5.20. The number of carbonyl (C=O) groups excluding carboxylic acids is 2. The van der Waals surface area contributed by atoms with E-state index in [1.165, 1.54) is 0 Å². The van der Waals surface area contributed by atoms with Crippen molar-refractivity contribution in [3.63, 3.8) is 0 Å². The topological polar surface area (TPSA) is 115 Å². The standard InChI is InChI=1S/C28H22BrClN6O3/c1-16-32-25(35-39-16)24-23(30)19-5-2-3-7-21(19)36(24)18-11-9-17(10-12-18)15-31-27(38)28(13-14-28)34-26(37)20-6-4-8-22(29)33-20/h2-12H,13-15H2,1H3,(H,31,38)(H,34,37). The van der Waals surface area contributed by atoms with E-state index in [1.54, 1.807) is 25.1 Å². The molecule has 2 amide bonds. The first-order valence-electron chi connectivity index (χ1n) is 12.3. The molecule has 0 aliphatic heterocycles. The molecule has 1 saturated carbocycles. The summed E-state index contributed by atoms with van der Waals surface area (Å²) in [7, 11) is 0. The average molecular weight is 606 g/mol. The van der Waals surface area contributed by atoms with E-state index in [1.807, 2.05) is 53.1 Å². The minimum Gasteiger partial charge on any atom is -0.350 e. The smallest absolute Gasteiger partial charge is 0.270 e. The van der Waals surface area contributed by atoms with Gasteiger partial charge in [0.1, 0.15) is 21.5 Å². The van der Waals surface area contributed by atoms with E-state index < -0.39 is 5.54 Å². The molecule has 0 unspecified atom stereocenters. The van der Waals surface area contributed by atoms with E-state index in [2.05, 4.69) is 41.7 Å². The molecule has 9 nitrogen and oxygen atoms in total. The zero-order valence-electron chi connectivity index (χ0n) is 20.7. The Balaban J connectivity index is 1.19. The fraction of sp³-hybridized carbons (Fsp3) is 0.179. The van der Waals surface area contributed by atoms with Gasteiger partial charge in [-0.05, 0) is 64.7 Å². The van der Waals surface area contributed by atoms with Gasteiger partial charge in [0.2, 0.25) is 17.6 Å². The van der Waals surface area contributed by atoms with Crippen LogP contribution in [0, 0.1) is 6.92 Å². The monoisotopic (exact) mass is 604 g/mol. The highest BCUT2D eigenvalue weighted by molar-refractivity contribution is 9.10. The van der Waals surface area contributed by atoms with Crippen LogP contribution in [-0.4, -0.2) is 37.0 Å². The third kappa shape index (κ3) is 4.81. The third-order valence-electron chi connectivity index (χ3n) is 6.69. The predicted molar refractivity (Wildman–Crippen MR) is 150 cm³/mol. The number of hydrogen-bond donors (Lipinski definition) is 2. The van der Waals surface area contributed by atoms with Gasteiger partial charge in [0.15, 0.2) is 0 Å². The van der Waals surface area contributed by atoms with E-state index in [4.69, 9.17) is 16.1 Å².